The van der Waals surface area contributed by atoms with Crippen molar-refractivity contribution < 1.29 is 9.53 Å². The van der Waals surface area contributed by atoms with E-state index in [9.17, 15) is 4.79 Å². The van der Waals surface area contributed by atoms with Gasteiger partial charge in [-0.25, -0.2) is 0 Å². The van der Waals surface area contributed by atoms with Gasteiger partial charge in [-0.05, 0) is 75.0 Å². The van der Waals surface area contributed by atoms with Gasteiger partial charge in [0.15, 0.2) is 0 Å². The zero-order valence-electron chi connectivity index (χ0n) is 15.9. The van der Waals surface area contributed by atoms with Crippen LogP contribution in [0.15, 0.2) is 30.3 Å². The van der Waals surface area contributed by atoms with E-state index in [1.807, 2.05) is 30.3 Å². The summed E-state index contributed by atoms with van der Waals surface area (Å²) in [6, 6.07) is 10.1. The lowest BCUT2D eigenvalue weighted by Gasteiger charge is -2.44. The number of carbonyl (C=O) groups excluding carboxylic acids is 1. The second kappa shape index (κ2) is 8.13. The van der Waals surface area contributed by atoms with Gasteiger partial charge in [-0.1, -0.05) is 6.42 Å². The van der Waals surface area contributed by atoms with E-state index in [0.29, 0.717) is 17.7 Å². The number of aromatic amines is 1. The number of piperidine rings is 2. The van der Waals surface area contributed by atoms with E-state index in [4.69, 9.17) is 4.74 Å². The van der Waals surface area contributed by atoms with Crippen molar-refractivity contribution in [1.82, 2.24) is 20.4 Å². The molecule has 2 saturated heterocycles. The average molecular weight is 368 g/mol. The molecule has 2 aliphatic rings. The van der Waals surface area contributed by atoms with Crippen LogP contribution in [0.1, 0.15) is 42.6 Å². The Morgan fingerprint density at radius 2 is 2.04 bits per heavy atom. The van der Waals surface area contributed by atoms with Crippen molar-refractivity contribution in [2.75, 3.05) is 26.7 Å². The van der Waals surface area contributed by atoms with E-state index in [-0.39, 0.29) is 5.91 Å². The average Bonchev–Trinajstić information content (AvgIpc) is 3.22. The molecular formula is C21H28N4O2. The number of H-pyrrole nitrogens is 1. The summed E-state index contributed by atoms with van der Waals surface area (Å²) in [5, 5.41) is 10.3. The number of amides is 1. The number of rotatable bonds is 5. The number of aromatic nitrogens is 2. The first kappa shape index (κ1) is 18.0. The third kappa shape index (κ3) is 4.00. The summed E-state index contributed by atoms with van der Waals surface area (Å²) in [4.78, 5) is 15.2. The Morgan fingerprint density at radius 1 is 1.22 bits per heavy atom. The van der Waals surface area contributed by atoms with Gasteiger partial charge in [0.1, 0.15) is 11.4 Å². The van der Waals surface area contributed by atoms with Crippen LogP contribution in [0.2, 0.25) is 0 Å². The Labute approximate surface area is 160 Å². The van der Waals surface area contributed by atoms with Crippen molar-refractivity contribution in [1.29, 1.82) is 0 Å². The fourth-order valence-electron chi connectivity index (χ4n) is 4.48. The molecule has 3 heterocycles. The first-order valence-corrected chi connectivity index (χ1v) is 9.96. The summed E-state index contributed by atoms with van der Waals surface area (Å²) < 4.78 is 5.18. The van der Waals surface area contributed by atoms with Gasteiger partial charge >= 0.3 is 0 Å². The minimum Gasteiger partial charge on any atom is -0.497 e. The SMILES string of the molecule is COc1ccc(-c2cc(C(=O)NC[C@@H]3CCCN4CCCC[C@H]34)[nH]n2)cc1. The van der Waals surface area contributed by atoms with Gasteiger partial charge in [0.05, 0.1) is 12.8 Å². The molecule has 2 aromatic rings. The fourth-order valence-corrected chi connectivity index (χ4v) is 4.48. The van der Waals surface area contributed by atoms with Crippen molar-refractivity contribution in [3.8, 4) is 17.0 Å². The minimum absolute atomic E-state index is 0.0739. The summed E-state index contributed by atoms with van der Waals surface area (Å²) in [6.07, 6.45) is 6.35. The van der Waals surface area contributed by atoms with Crippen LogP contribution in [0.4, 0.5) is 0 Å². The summed E-state index contributed by atoms with van der Waals surface area (Å²) in [5.41, 5.74) is 2.23. The normalized spacial score (nSPS) is 22.9. The number of benzene rings is 1. The van der Waals surface area contributed by atoms with Gasteiger partial charge in [0.2, 0.25) is 0 Å². The predicted octanol–water partition coefficient (Wildman–Crippen LogP) is 3.08. The topological polar surface area (TPSA) is 70.2 Å². The third-order valence-electron chi connectivity index (χ3n) is 5.96. The van der Waals surface area contributed by atoms with Crippen LogP contribution >= 0.6 is 0 Å². The molecule has 0 bridgehead atoms. The van der Waals surface area contributed by atoms with Crippen LogP contribution < -0.4 is 10.1 Å². The van der Waals surface area contributed by atoms with E-state index in [0.717, 1.165) is 23.6 Å². The number of fused-ring (bicyclic) bond motifs is 1. The molecule has 6 heteroatoms. The Bertz CT molecular complexity index is 769. The predicted molar refractivity (Wildman–Crippen MR) is 105 cm³/mol. The van der Waals surface area contributed by atoms with Gasteiger partial charge in [0.25, 0.3) is 5.91 Å². The van der Waals surface area contributed by atoms with Gasteiger partial charge in [-0.2, -0.15) is 5.10 Å². The van der Waals surface area contributed by atoms with Crippen molar-refractivity contribution in [3.63, 3.8) is 0 Å². The molecule has 2 fully saturated rings. The molecule has 0 radical (unpaired) electrons. The van der Waals surface area contributed by atoms with E-state index < -0.39 is 0 Å². The van der Waals surface area contributed by atoms with Crippen LogP contribution in [0.25, 0.3) is 11.3 Å². The maximum Gasteiger partial charge on any atom is 0.269 e. The van der Waals surface area contributed by atoms with Crippen LogP contribution in [0.3, 0.4) is 0 Å². The molecule has 1 aromatic heterocycles. The van der Waals surface area contributed by atoms with E-state index in [1.54, 1.807) is 7.11 Å². The van der Waals surface area contributed by atoms with Crippen LogP contribution in [-0.2, 0) is 0 Å². The molecule has 2 atom stereocenters. The minimum atomic E-state index is -0.0739. The first-order valence-electron chi connectivity index (χ1n) is 9.96. The lowest BCUT2D eigenvalue weighted by Crippen LogP contribution is -2.51. The Morgan fingerprint density at radius 3 is 2.85 bits per heavy atom. The van der Waals surface area contributed by atoms with Crippen molar-refractivity contribution in [2.24, 2.45) is 5.92 Å². The lowest BCUT2D eigenvalue weighted by molar-refractivity contribution is 0.0575. The van der Waals surface area contributed by atoms with Crippen LogP contribution in [-0.4, -0.2) is 53.8 Å². The number of carbonyl (C=O) groups is 1. The zero-order valence-corrected chi connectivity index (χ0v) is 15.9. The molecular weight excluding hydrogens is 340 g/mol. The van der Waals surface area contributed by atoms with Crippen LogP contribution in [0, 0.1) is 5.92 Å². The molecule has 0 unspecified atom stereocenters. The van der Waals surface area contributed by atoms with Crippen molar-refractivity contribution in [2.45, 2.75) is 38.1 Å². The highest BCUT2D eigenvalue weighted by Gasteiger charge is 2.33. The molecule has 0 saturated carbocycles. The zero-order chi connectivity index (χ0) is 18.6. The van der Waals surface area contributed by atoms with Gasteiger partial charge in [-0.3, -0.25) is 9.89 Å². The molecule has 144 valence electrons. The highest BCUT2D eigenvalue weighted by atomic mass is 16.5. The highest BCUT2D eigenvalue weighted by molar-refractivity contribution is 5.93. The van der Waals surface area contributed by atoms with Gasteiger partial charge in [-0.15, -0.1) is 0 Å². The van der Waals surface area contributed by atoms with Crippen molar-refractivity contribution in [3.05, 3.63) is 36.0 Å². The number of nitrogens with one attached hydrogen (secondary N) is 2. The van der Waals surface area contributed by atoms with E-state index >= 15 is 0 Å². The molecule has 2 N–H and O–H groups in total. The van der Waals surface area contributed by atoms with E-state index in [2.05, 4.69) is 20.4 Å². The van der Waals surface area contributed by atoms with Crippen LogP contribution in [0.5, 0.6) is 5.75 Å². The first-order chi connectivity index (χ1) is 13.2. The molecule has 27 heavy (non-hydrogen) atoms. The number of methoxy groups -OCH3 is 1. The second-order valence-corrected chi connectivity index (χ2v) is 7.61. The molecule has 0 aliphatic carbocycles. The van der Waals surface area contributed by atoms with Gasteiger partial charge < -0.3 is 15.0 Å². The summed E-state index contributed by atoms with van der Waals surface area (Å²) in [7, 11) is 1.64. The smallest absolute Gasteiger partial charge is 0.269 e. The van der Waals surface area contributed by atoms with Gasteiger partial charge in [0, 0.05) is 18.2 Å². The molecule has 6 nitrogen and oxygen atoms in total. The second-order valence-electron chi connectivity index (χ2n) is 7.61. The monoisotopic (exact) mass is 368 g/mol. The summed E-state index contributed by atoms with van der Waals surface area (Å²) in [5.74, 6) is 1.29. The standard InChI is InChI=1S/C21H28N4O2/c1-27-17-9-7-15(8-10-17)18-13-19(24-23-18)21(26)22-14-16-5-4-12-25-11-3-2-6-20(16)25/h7-10,13,16,20H,2-6,11-12,14H2,1H3,(H,22,26)(H,23,24)/t16-,20+/m0/s1. The number of hydrogen-bond acceptors (Lipinski definition) is 4. The Hall–Kier alpha value is -2.34. The largest absolute Gasteiger partial charge is 0.497 e. The third-order valence-corrected chi connectivity index (χ3v) is 5.96. The number of hydrogen-bond donors (Lipinski definition) is 2. The Kier molecular flexibility index (Phi) is 5.43. The quantitative estimate of drug-likeness (QED) is 0.851. The maximum atomic E-state index is 12.6. The number of ether oxygens (including phenoxy) is 1. The molecule has 4 rings (SSSR count). The summed E-state index contributed by atoms with van der Waals surface area (Å²) in [6.45, 7) is 3.19. The molecule has 0 spiro atoms. The van der Waals surface area contributed by atoms with Crippen molar-refractivity contribution >= 4 is 5.91 Å². The summed E-state index contributed by atoms with van der Waals surface area (Å²) >= 11 is 0. The fraction of sp³-hybridized carbons (Fsp3) is 0.524. The number of nitrogens with zero attached hydrogens (tertiary/aromatic N) is 2. The highest BCUT2D eigenvalue weighted by Crippen LogP contribution is 2.30. The van der Waals surface area contributed by atoms with E-state index in [1.165, 1.54) is 45.2 Å². The molecule has 2 aliphatic heterocycles. The molecule has 1 aromatic carbocycles. The lowest BCUT2D eigenvalue weighted by atomic mass is 9.83. The maximum absolute atomic E-state index is 12.6. The Balaban J connectivity index is 1.36. The molecule has 1 amide bonds.